The standard InChI is InChI=1S/C13H16ClN3/c1-2-17-7-6-16-13(17)10-15-9-11-4-3-5-12(14)8-11/h3-8,15H,2,9-10H2,1H3. The molecule has 2 aromatic rings. The lowest BCUT2D eigenvalue weighted by atomic mass is 10.2. The van der Waals surface area contributed by atoms with Gasteiger partial charge in [0.15, 0.2) is 0 Å². The van der Waals surface area contributed by atoms with E-state index in [2.05, 4.69) is 27.9 Å². The smallest absolute Gasteiger partial charge is 0.122 e. The summed E-state index contributed by atoms with van der Waals surface area (Å²) < 4.78 is 2.13. The molecule has 0 unspecified atom stereocenters. The molecule has 1 aromatic heterocycles. The van der Waals surface area contributed by atoms with E-state index in [9.17, 15) is 0 Å². The van der Waals surface area contributed by atoms with Crippen LogP contribution in [-0.4, -0.2) is 9.55 Å². The van der Waals surface area contributed by atoms with Crippen molar-refractivity contribution >= 4 is 11.6 Å². The number of hydrogen-bond donors (Lipinski definition) is 1. The number of hydrogen-bond acceptors (Lipinski definition) is 2. The van der Waals surface area contributed by atoms with Crippen molar-refractivity contribution in [1.29, 1.82) is 0 Å². The monoisotopic (exact) mass is 249 g/mol. The topological polar surface area (TPSA) is 29.9 Å². The van der Waals surface area contributed by atoms with Gasteiger partial charge in [-0.2, -0.15) is 0 Å². The highest BCUT2D eigenvalue weighted by atomic mass is 35.5. The Morgan fingerprint density at radius 2 is 2.24 bits per heavy atom. The zero-order valence-corrected chi connectivity index (χ0v) is 10.6. The number of aryl methyl sites for hydroxylation is 1. The van der Waals surface area contributed by atoms with Crippen LogP contribution in [0.3, 0.4) is 0 Å². The second kappa shape index (κ2) is 5.84. The average molecular weight is 250 g/mol. The van der Waals surface area contributed by atoms with Crippen LogP contribution in [0.4, 0.5) is 0 Å². The molecule has 0 radical (unpaired) electrons. The maximum absolute atomic E-state index is 5.93. The van der Waals surface area contributed by atoms with Gasteiger partial charge in [0.05, 0.1) is 6.54 Å². The summed E-state index contributed by atoms with van der Waals surface area (Å²) in [5.74, 6) is 1.06. The van der Waals surface area contributed by atoms with E-state index in [1.165, 1.54) is 5.56 Å². The van der Waals surface area contributed by atoms with Crippen LogP contribution in [0.25, 0.3) is 0 Å². The highest BCUT2D eigenvalue weighted by Crippen LogP contribution is 2.10. The molecule has 0 bridgehead atoms. The Labute approximate surface area is 106 Å². The molecule has 0 fully saturated rings. The van der Waals surface area contributed by atoms with Crippen molar-refractivity contribution in [3.8, 4) is 0 Å². The van der Waals surface area contributed by atoms with Gasteiger partial charge in [0.1, 0.15) is 5.82 Å². The zero-order valence-electron chi connectivity index (χ0n) is 9.86. The van der Waals surface area contributed by atoms with E-state index in [4.69, 9.17) is 11.6 Å². The van der Waals surface area contributed by atoms with E-state index in [1.54, 1.807) is 0 Å². The number of nitrogens with one attached hydrogen (secondary N) is 1. The van der Waals surface area contributed by atoms with Crippen molar-refractivity contribution in [3.05, 3.63) is 53.1 Å². The summed E-state index contributed by atoms with van der Waals surface area (Å²) >= 11 is 5.93. The molecule has 2 rings (SSSR count). The summed E-state index contributed by atoms with van der Waals surface area (Å²) in [6.07, 6.45) is 3.83. The zero-order chi connectivity index (χ0) is 12.1. The Hall–Kier alpha value is -1.32. The lowest BCUT2D eigenvalue weighted by molar-refractivity contribution is 0.613. The van der Waals surface area contributed by atoms with Gasteiger partial charge < -0.3 is 9.88 Å². The first kappa shape index (κ1) is 12.1. The lowest BCUT2D eigenvalue weighted by Crippen LogP contribution is -2.16. The van der Waals surface area contributed by atoms with Crippen LogP contribution in [-0.2, 0) is 19.6 Å². The molecule has 90 valence electrons. The van der Waals surface area contributed by atoms with Gasteiger partial charge >= 0.3 is 0 Å². The SMILES string of the molecule is CCn1ccnc1CNCc1cccc(Cl)c1. The molecule has 4 heteroatoms. The van der Waals surface area contributed by atoms with Gasteiger partial charge in [-0.25, -0.2) is 4.98 Å². The van der Waals surface area contributed by atoms with Crippen LogP contribution in [0.2, 0.25) is 5.02 Å². The van der Waals surface area contributed by atoms with Gasteiger partial charge in [-0.15, -0.1) is 0 Å². The van der Waals surface area contributed by atoms with Crippen LogP contribution in [0, 0.1) is 0 Å². The summed E-state index contributed by atoms with van der Waals surface area (Å²) in [6.45, 7) is 4.64. The van der Waals surface area contributed by atoms with Gasteiger partial charge in [-0.05, 0) is 24.6 Å². The van der Waals surface area contributed by atoms with Crippen molar-refractivity contribution in [1.82, 2.24) is 14.9 Å². The second-order valence-corrected chi connectivity index (χ2v) is 4.30. The molecule has 3 nitrogen and oxygen atoms in total. The first-order chi connectivity index (χ1) is 8.29. The molecule has 0 atom stereocenters. The third kappa shape index (κ3) is 3.32. The lowest BCUT2D eigenvalue weighted by Gasteiger charge is -2.07. The van der Waals surface area contributed by atoms with E-state index >= 15 is 0 Å². The number of imidazole rings is 1. The largest absolute Gasteiger partial charge is 0.334 e. The Kier molecular flexibility index (Phi) is 4.18. The highest BCUT2D eigenvalue weighted by molar-refractivity contribution is 6.30. The van der Waals surface area contributed by atoms with E-state index in [0.29, 0.717) is 0 Å². The van der Waals surface area contributed by atoms with Crippen molar-refractivity contribution in [2.75, 3.05) is 0 Å². The summed E-state index contributed by atoms with van der Waals surface area (Å²) in [7, 11) is 0. The number of nitrogens with zero attached hydrogens (tertiary/aromatic N) is 2. The van der Waals surface area contributed by atoms with Crippen molar-refractivity contribution in [2.24, 2.45) is 0 Å². The Morgan fingerprint density at radius 3 is 3.00 bits per heavy atom. The summed E-state index contributed by atoms with van der Waals surface area (Å²) in [4.78, 5) is 4.31. The van der Waals surface area contributed by atoms with Crippen LogP contribution in [0.1, 0.15) is 18.3 Å². The molecule has 0 aliphatic rings. The van der Waals surface area contributed by atoms with Gasteiger partial charge in [-0.3, -0.25) is 0 Å². The number of halogens is 1. The average Bonchev–Trinajstić information content (AvgIpc) is 2.77. The molecule has 17 heavy (non-hydrogen) atoms. The van der Waals surface area contributed by atoms with E-state index in [0.717, 1.165) is 30.5 Å². The van der Waals surface area contributed by atoms with Crippen molar-refractivity contribution in [2.45, 2.75) is 26.6 Å². The fourth-order valence-corrected chi connectivity index (χ4v) is 1.97. The molecule has 1 aromatic carbocycles. The summed E-state index contributed by atoms with van der Waals surface area (Å²) in [5, 5.41) is 4.14. The number of aromatic nitrogens is 2. The minimum Gasteiger partial charge on any atom is -0.334 e. The van der Waals surface area contributed by atoms with Gasteiger partial charge in [-0.1, -0.05) is 23.7 Å². The Morgan fingerprint density at radius 1 is 1.35 bits per heavy atom. The third-order valence-electron chi connectivity index (χ3n) is 2.64. The van der Waals surface area contributed by atoms with E-state index < -0.39 is 0 Å². The van der Waals surface area contributed by atoms with Gasteiger partial charge in [0.2, 0.25) is 0 Å². The maximum atomic E-state index is 5.93. The molecule has 0 saturated carbocycles. The predicted octanol–water partition coefficient (Wildman–Crippen LogP) is 2.85. The second-order valence-electron chi connectivity index (χ2n) is 3.86. The molecule has 1 N–H and O–H groups in total. The van der Waals surface area contributed by atoms with Gasteiger partial charge in [0, 0.05) is 30.5 Å². The van der Waals surface area contributed by atoms with Crippen molar-refractivity contribution < 1.29 is 0 Å². The molecular formula is C13H16ClN3. The molecule has 0 saturated heterocycles. The van der Waals surface area contributed by atoms with Crippen LogP contribution < -0.4 is 5.32 Å². The fourth-order valence-electron chi connectivity index (χ4n) is 1.76. The van der Waals surface area contributed by atoms with Crippen LogP contribution >= 0.6 is 11.6 Å². The molecule has 1 heterocycles. The summed E-state index contributed by atoms with van der Waals surface area (Å²) in [6, 6.07) is 7.88. The quantitative estimate of drug-likeness (QED) is 0.883. The molecule has 0 aliphatic carbocycles. The number of benzene rings is 1. The fraction of sp³-hybridized carbons (Fsp3) is 0.308. The van der Waals surface area contributed by atoms with E-state index in [-0.39, 0.29) is 0 Å². The number of rotatable bonds is 5. The Balaban J connectivity index is 1.87. The van der Waals surface area contributed by atoms with Crippen LogP contribution in [0.5, 0.6) is 0 Å². The predicted molar refractivity (Wildman–Crippen MR) is 69.9 cm³/mol. The maximum Gasteiger partial charge on any atom is 0.122 e. The normalized spacial score (nSPS) is 10.7. The molecule has 0 aliphatic heterocycles. The minimum absolute atomic E-state index is 0.771. The van der Waals surface area contributed by atoms with Gasteiger partial charge in [0.25, 0.3) is 0 Å². The molecular weight excluding hydrogens is 234 g/mol. The highest BCUT2D eigenvalue weighted by Gasteiger charge is 2.00. The van der Waals surface area contributed by atoms with Crippen molar-refractivity contribution in [3.63, 3.8) is 0 Å². The Bertz CT molecular complexity index is 479. The summed E-state index contributed by atoms with van der Waals surface area (Å²) in [5.41, 5.74) is 1.19. The first-order valence-corrected chi connectivity index (χ1v) is 6.12. The van der Waals surface area contributed by atoms with E-state index in [1.807, 2.05) is 30.6 Å². The van der Waals surface area contributed by atoms with Crippen LogP contribution in [0.15, 0.2) is 36.7 Å². The third-order valence-corrected chi connectivity index (χ3v) is 2.88. The minimum atomic E-state index is 0.771. The first-order valence-electron chi connectivity index (χ1n) is 5.74. The molecule has 0 amide bonds. The molecule has 0 spiro atoms.